The zero-order valence-electron chi connectivity index (χ0n) is 30.4. The number of benzene rings is 2. The van der Waals surface area contributed by atoms with Gasteiger partial charge in [-0.2, -0.15) is 0 Å². The molecule has 21 nitrogen and oxygen atoms in total. The summed E-state index contributed by atoms with van der Waals surface area (Å²) in [5, 5.41) is 46.6. The van der Waals surface area contributed by atoms with E-state index in [-0.39, 0.29) is 37.8 Å². The molecule has 0 aromatic heterocycles. The van der Waals surface area contributed by atoms with Crippen molar-refractivity contribution in [2.45, 2.75) is 64.5 Å². The van der Waals surface area contributed by atoms with Gasteiger partial charge < -0.3 is 47.6 Å². The zero-order valence-corrected chi connectivity index (χ0v) is 30.4. The molecule has 0 heterocycles. The van der Waals surface area contributed by atoms with Crippen LogP contribution in [0, 0.1) is 15.9 Å². The third kappa shape index (κ3) is 23.5. The van der Waals surface area contributed by atoms with Crippen molar-refractivity contribution in [3.8, 4) is 0 Å². The highest BCUT2D eigenvalue weighted by Gasteiger charge is 2.28. The van der Waals surface area contributed by atoms with E-state index in [4.69, 9.17) is 21.1 Å². The summed E-state index contributed by atoms with van der Waals surface area (Å²) in [6.45, 7) is 1.46. The van der Waals surface area contributed by atoms with Gasteiger partial charge in [-0.25, -0.2) is 4.39 Å². The van der Waals surface area contributed by atoms with E-state index < -0.39 is 102 Å². The van der Waals surface area contributed by atoms with Crippen LogP contribution in [0.1, 0.15) is 50.7 Å². The average Bonchev–Trinajstić information content (AvgIpc) is 3.15. The summed E-state index contributed by atoms with van der Waals surface area (Å²) in [5.74, 6) is -8.13. The van der Waals surface area contributed by atoms with Crippen molar-refractivity contribution in [3.63, 3.8) is 0 Å². The number of non-ortho nitro benzene ring substituents is 1. The standard InChI is InChI=1S/C28H32FN7O10.2C3H6O2/c29-18-5-1-16(2-6-18)12-21(34-25(40)15-32-24(39)14-31-23(38)9-10-26(41)42)28(44)35-20(27(43)33-13-22(30)37)11-17-3-7-19(8-4-17)36(45)46;2*1-2-3(4)5/h1-8,20-21H,9-15H2,(H2,30,37)(H,31,38)(H,32,39)(H,33,43)(H,34,40)(H,35,44)(H,41,42);2*2H2,1H3,(H,4,5)/t20?,21-;;/m0../s1. The van der Waals surface area contributed by atoms with Gasteiger partial charge in [-0.3, -0.25) is 53.3 Å². The van der Waals surface area contributed by atoms with Crippen LogP contribution in [0.25, 0.3) is 0 Å². The minimum atomic E-state index is -1.37. The molecule has 0 saturated carbocycles. The minimum absolute atomic E-state index is 0.181. The van der Waals surface area contributed by atoms with E-state index in [9.17, 15) is 57.7 Å². The van der Waals surface area contributed by atoms with Gasteiger partial charge in [-0.15, -0.1) is 0 Å². The first-order valence-corrected chi connectivity index (χ1v) is 16.6. The first kappa shape index (κ1) is 49.0. The van der Waals surface area contributed by atoms with Gasteiger partial charge in [0.2, 0.25) is 35.4 Å². The number of hydrogen-bond donors (Lipinski definition) is 9. The van der Waals surface area contributed by atoms with Crippen molar-refractivity contribution >= 4 is 59.0 Å². The second-order valence-electron chi connectivity index (χ2n) is 11.3. The lowest BCUT2D eigenvalue weighted by Crippen LogP contribution is -2.56. The third-order valence-electron chi connectivity index (χ3n) is 6.72. The van der Waals surface area contributed by atoms with Gasteiger partial charge in [0.05, 0.1) is 31.0 Å². The van der Waals surface area contributed by atoms with Crippen LogP contribution in [0.4, 0.5) is 10.1 Å². The zero-order chi connectivity index (χ0) is 42.8. The van der Waals surface area contributed by atoms with Gasteiger partial charge >= 0.3 is 17.9 Å². The molecule has 0 spiro atoms. The number of carboxylic acid groups (broad SMARTS) is 3. The first-order chi connectivity index (χ1) is 26.3. The molecule has 306 valence electrons. The Morgan fingerprint density at radius 2 is 1.09 bits per heavy atom. The molecule has 0 radical (unpaired) electrons. The fourth-order valence-electron chi connectivity index (χ4n) is 3.81. The summed E-state index contributed by atoms with van der Waals surface area (Å²) in [6, 6.07) is 7.42. The number of nitro groups is 1. The molecule has 0 aliphatic rings. The number of amides is 6. The number of rotatable bonds is 20. The Bertz CT molecular complexity index is 1670. The van der Waals surface area contributed by atoms with E-state index in [1.165, 1.54) is 36.4 Å². The lowest BCUT2D eigenvalue weighted by atomic mass is 10.0. The number of primary amides is 1. The minimum Gasteiger partial charge on any atom is -0.481 e. The van der Waals surface area contributed by atoms with E-state index in [0.717, 1.165) is 12.1 Å². The summed E-state index contributed by atoms with van der Waals surface area (Å²) in [5.41, 5.74) is 5.71. The number of hydrogen-bond acceptors (Lipinski definition) is 11. The van der Waals surface area contributed by atoms with Crippen molar-refractivity contribution in [2.24, 2.45) is 5.73 Å². The van der Waals surface area contributed by atoms with Gasteiger partial charge in [-0.05, 0) is 23.3 Å². The largest absolute Gasteiger partial charge is 0.481 e. The van der Waals surface area contributed by atoms with Crippen molar-refractivity contribution in [1.29, 1.82) is 0 Å². The van der Waals surface area contributed by atoms with Crippen LogP contribution in [-0.2, 0) is 56.0 Å². The SMILES string of the molecule is CCC(=O)O.CCC(=O)O.NC(=O)CNC(=O)C(Cc1ccc([N+](=O)[O-])cc1)NC(=O)[C@H](Cc1ccc(F)cc1)NC(=O)CNC(=O)CNC(=O)CCC(=O)O. The Labute approximate surface area is 318 Å². The number of carbonyl (C=O) groups is 9. The number of nitrogens with zero attached hydrogens (tertiary/aromatic N) is 1. The van der Waals surface area contributed by atoms with Crippen molar-refractivity contribution in [3.05, 3.63) is 75.6 Å². The molecule has 10 N–H and O–H groups in total. The Balaban J connectivity index is 0.00000267. The molecule has 2 rings (SSSR count). The summed E-state index contributed by atoms with van der Waals surface area (Å²) in [6.07, 6.45) is -0.706. The van der Waals surface area contributed by atoms with Crippen LogP contribution in [0.5, 0.6) is 0 Å². The lowest BCUT2D eigenvalue weighted by Gasteiger charge is -2.23. The summed E-state index contributed by atoms with van der Waals surface area (Å²) in [7, 11) is 0. The van der Waals surface area contributed by atoms with Crippen LogP contribution >= 0.6 is 0 Å². The second-order valence-corrected chi connectivity index (χ2v) is 11.3. The topological polar surface area (TPSA) is 344 Å². The average molecular weight is 794 g/mol. The maximum atomic E-state index is 13.5. The smallest absolute Gasteiger partial charge is 0.303 e. The van der Waals surface area contributed by atoms with E-state index in [1.54, 1.807) is 13.8 Å². The monoisotopic (exact) mass is 793 g/mol. The van der Waals surface area contributed by atoms with Gasteiger partial charge in [0.15, 0.2) is 0 Å². The molecule has 0 aliphatic heterocycles. The maximum absolute atomic E-state index is 13.5. The number of nitro benzene ring substituents is 1. The molecular formula is C34H44FN7O14. The Morgan fingerprint density at radius 1 is 0.643 bits per heavy atom. The predicted octanol–water partition coefficient (Wildman–Crippen LogP) is -0.851. The van der Waals surface area contributed by atoms with E-state index in [2.05, 4.69) is 26.6 Å². The van der Waals surface area contributed by atoms with Crippen LogP contribution in [0.3, 0.4) is 0 Å². The van der Waals surface area contributed by atoms with Crippen LogP contribution in [0.15, 0.2) is 48.5 Å². The number of carboxylic acids is 3. The molecule has 56 heavy (non-hydrogen) atoms. The quantitative estimate of drug-likeness (QED) is 0.0583. The molecular weight excluding hydrogens is 749 g/mol. The molecule has 2 aromatic carbocycles. The Kier molecular flexibility index (Phi) is 23.4. The number of carbonyl (C=O) groups excluding carboxylic acids is 6. The molecule has 1 unspecified atom stereocenters. The Hall–Kier alpha value is -7.00. The van der Waals surface area contributed by atoms with Gasteiger partial charge in [0.1, 0.15) is 17.9 Å². The number of nitrogens with two attached hydrogens (primary N) is 1. The molecule has 0 saturated heterocycles. The fraction of sp³-hybridized carbons (Fsp3) is 0.382. The number of halogens is 1. The normalized spacial score (nSPS) is 10.9. The lowest BCUT2D eigenvalue weighted by molar-refractivity contribution is -0.384. The molecule has 2 aromatic rings. The van der Waals surface area contributed by atoms with Crippen molar-refractivity contribution in [2.75, 3.05) is 19.6 Å². The molecule has 22 heteroatoms. The van der Waals surface area contributed by atoms with E-state index in [0.29, 0.717) is 11.1 Å². The maximum Gasteiger partial charge on any atom is 0.303 e. The summed E-state index contributed by atoms with van der Waals surface area (Å²) < 4.78 is 13.5. The Morgan fingerprint density at radius 3 is 1.54 bits per heavy atom. The van der Waals surface area contributed by atoms with Crippen molar-refractivity contribution in [1.82, 2.24) is 26.6 Å². The molecule has 0 fully saturated rings. The molecule has 6 amide bonds. The van der Waals surface area contributed by atoms with Crippen molar-refractivity contribution < 1.29 is 67.8 Å². The van der Waals surface area contributed by atoms with E-state index in [1.807, 2.05) is 0 Å². The first-order valence-electron chi connectivity index (χ1n) is 16.6. The highest BCUT2D eigenvalue weighted by molar-refractivity contribution is 5.94. The fourth-order valence-corrected chi connectivity index (χ4v) is 3.81. The van der Waals surface area contributed by atoms with Gasteiger partial charge in [0.25, 0.3) is 5.69 Å². The van der Waals surface area contributed by atoms with Crippen LogP contribution < -0.4 is 32.3 Å². The summed E-state index contributed by atoms with van der Waals surface area (Å²) in [4.78, 5) is 113. The van der Waals surface area contributed by atoms with Gasteiger partial charge in [0, 0.05) is 44.2 Å². The van der Waals surface area contributed by atoms with Crippen LogP contribution in [0.2, 0.25) is 0 Å². The molecule has 2 atom stereocenters. The molecule has 0 bridgehead atoms. The predicted molar refractivity (Wildman–Crippen MR) is 192 cm³/mol. The number of aliphatic carboxylic acids is 3. The second kappa shape index (κ2) is 26.7. The highest BCUT2D eigenvalue weighted by atomic mass is 19.1. The highest BCUT2D eigenvalue weighted by Crippen LogP contribution is 2.14. The number of nitrogens with one attached hydrogen (secondary N) is 5. The summed E-state index contributed by atoms with van der Waals surface area (Å²) >= 11 is 0. The van der Waals surface area contributed by atoms with E-state index >= 15 is 0 Å². The van der Waals surface area contributed by atoms with Gasteiger partial charge in [-0.1, -0.05) is 38.1 Å². The third-order valence-corrected chi connectivity index (χ3v) is 6.72. The van der Waals surface area contributed by atoms with Crippen LogP contribution in [-0.4, -0.2) is 105 Å². The molecule has 0 aliphatic carbocycles.